The zero-order valence-electron chi connectivity index (χ0n) is 18.7. The Morgan fingerprint density at radius 1 is 1.12 bits per heavy atom. The van der Waals surface area contributed by atoms with Crippen molar-refractivity contribution >= 4 is 23.2 Å². The first kappa shape index (κ1) is 23.9. The first-order valence-corrected chi connectivity index (χ1v) is 11.9. The number of hydrogen-bond acceptors (Lipinski definition) is 5. The highest BCUT2D eigenvalue weighted by molar-refractivity contribution is 6.32. The van der Waals surface area contributed by atoms with Gasteiger partial charge in [-0.1, -0.05) is 41.4 Å². The summed E-state index contributed by atoms with van der Waals surface area (Å²) >= 11 is 12.1. The van der Waals surface area contributed by atoms with Gasteiger partial charge in [-0.25, -0.2) is 0 Å². The zero-order chi connectivity index (χ0) is 23.3. The number of aryl methyl sites for hydroxylation is 1. The van der Waals surface area contributed by atoms with Crippen molar-refractivity contribution in [3.8, 4) is 11.5 Å². The molecule has 8 heteroatoms. The normalized spacial score (nSPS) is 18.9. The van der Waals surface area contributed by atoms with E-state index in [1.165, 1.54) is 5.56 Å². The van der Waals surface area contributed by atoms with Crippen LogP contribution in [0.25, 0.3) is 0 Å². The van der Waals surface area contributed by atoms with Crippen LogP contribution in [0.4, 0.5) is 0 Å². The number of aromatic nitrogens is 2. The van der Waals surface area contributed by atoms with E-state index >= 15 is 0 Å². The van der Waals surface area contributed by atoms with Gasteiger partial charge in [0.05, 0.1) is 22.8 Å². The average Bonchev–Trinajstić information content (AvgIpc) is 3.21. The number of aliphatic hydroxyl groups is 1. The maximum absolute atomic E-state index is 11.1. The Kier molecular flexibility index (Phi) is 7.81. The van der Waals surface area contributed by atoms with Crippen LogP contribution >= 0.6 is 23.2 Å². The summed E-state index contributed by atoms with van der Waals surface area (Å²) in [5.74, 6) is 1.43. The lowest BCUT2D eigenvalue weighted by atomic mass is 9.93. The number of hydrogen-bond donors (Lipinski definition) is 1. The molecule has 176 valence electrons. The highest BCUT2D eigenvalue weighted by atomic mass is 35.5. The van der Waals surface area contributed by atoms with Crippen molar-refractivity contribution in [2.24, 2.45) is 0 Å². The van der Waals surface area contributed by atoms with Crippen molar-refractivity contribution in [1.29, 1.82) is 0 Å². The first-order valence-electron chi connectivity index (χ1n) is 11.1. The van der Waals surface area contributed by atoms with E-state index in [4.69, 9.17) is 32.7 Å². The van der Waals surface area contributed by atoms with Crippen LogP contribution in [0.3, 0.4) is 0 Å². The van der Waals surface area contributed by atoms with Crippen LogP contribution < -0.4 is 9.47 Å². The Labute approximate surface area is 204 Å². The molecule has 0 radical (unpaired) electrons. The molecule has 0 amide bonds. The van der Waals surface area contributed by atoms with E-state index in [1.54, 1.807) is 17.1 Å². The van der Waals surface area contributed by atoms with E-state index in [0.717, 1.165) is 30.8 Å². The summed E-state index contributed by atoms with van der Waals surface area (Å²) in [6.07, 6.45) is 5.01. The number of halogens is 2. The Morgan fingerprint density at radius 3 is 2.70 bits per heavy atom. The van der Waals surface area contributed by atoms with Gasteiger partial charge in [0.25, 0.3) is 0 Å². The standard InChI is InChI=1S/C25H29Cl2N3O3/c1-19-3-8-23(27)24(13-19)33-18-25(31)9-2-10-29(17-25)15-20-4-6-22(7-5-20)32-12-11-30-16-21(26)14-28-30/h3-8,13-14,16,31H,2,9-12,15,17-18H2,1H3/t25-/m1/s1. The summed E-state index contributed by atoms with van der Waals surface area (Å²) in [5, 5.41) is 16.5. The summed E-state index contributed by atoms with van der Waals surface area (Å²) < 4.78 is 13.5. The minimum atomic E-state index is -0.899. The molecular weight excluding hydrogens is 461 g/mol. The molecule has 0 spiro atoms. The van der Waals surface area contributed by atoms with Crippen molar-refractivity contribution in [2.75, 3.05) is 26.3 Å². The fourth-order valence-corrected chi connectivity index (χ4v) is 4.39. The number of piperidine rings is 1. The highest BCUT2D eigenvalue weighted by Crippen LogP contribution is 2.29. The van der Waals surface area contributed by atoms with Crippen LogP contribution in [0.2, 0.25) is 10.0 Å². The molecule has 6 nitrogen and oxygen atoms in total. The van der Waals surface area contributed by atoms with E-state index in [0.29, 0.717) is 41.9 Å². The number of likely N-dealkylation sites (tertiary alicyclic amines) is 1. The van der Waals surface area contributed by atoms with Crippen LogP contribution in [0.15, 0.2) is 54.9 Å². The summed E-state index contributed by atoms with van der Waals surface area (Å²) in [5.41, 5.74) is 1.35. The number of nitrogens with zero attached hydrogens (tertiary/aromatic N) is 3. The lowest BCUT2D eigenvalue weighted by molar-refractivity contribution is -0.0620. The van der Waals surface area contributed by atoms with Crippen molar-refractivity contribution in [3.05, 3.63) is 76.0 Å². The second-order valence-corrected chi connectivity index (χ2v) is 9.52. The molecule has 1 saturated heterocycles. The maximum Gasteiger partial charge on any atom is 0.138 e. The molecule has 1 fully saturated rings. The fraction of sp³-hybridized carbons (Fsp3) is 0.400. The monoisotopic (exact) mass is 489 g/mol. The average molecular weight is 490 g/mol. The molecule has 0 saturated carbocycles. The predicted molar refractivity (Wildman–Crippen MR) is 130 cm³/mol. The highest BCUT2D eigenvalue weighted by Gasteiger charge is 2.34. The fourth-order valence-electron chi connectivity index (χ4n) is 4.06. The molecule has 0 aliphatic carbocycles. The Balaban J connectivity index is 1.26. The van der Waals surface area contributed by atoms with Gasteiger partial charge >= 0.3 is 0 Å². The van der Waals surface area contributed by atoms with Crippen molar-refractivity contribution < 1.29 is 14.6 Å². The van der Waals surface area contributed by atoms with Crippen molar-refractivity contribution in [1.82, 2.24) is 14.7 Å². The Hall–Kier alpha value is -2.25. The van der Waals surface area contributed by atoms with E-state index in [9.17, 15) is 5.11 Å². The third-order valence-electron chi connectivity index (χ3n) is 5.74. The van der Waals surface area contributed by atoms with Gasteiger partial charge in [0.1, 0.15) is 30.3 Å². The largest absolute Gasteiger partial charge is 0.492 e. The van der Waals surface area contributed by atoms with Gasteiger partial charge in [-0.15, -0.1) is 0 Å². The van der Waals surface area contributed by atoms with Crippen molar-refractivity contribution in [3.63, 3.8) is 0 Å². The molecule has 1 atom stereocenters. The second kappa shape index (κ2) is 10.8. The summed E-state index contributed by atoms with van der Waals surface area (Å²) in [4.78, 5) is 2.27. The van der Waals surface area contributed by atoms with E-state index in [1.807, 2.05) is 37.3 Å². The smallest absolute Gasteiger partial charge is 0.138 e. The molecular formula is C25H29Cl2N3O3. The molecule has 1 N–H and O–H groups in total. The van der Waals surface area contributed by atoms with Gasteiger partial charge in [-0.3, -0.25) is 9.58 Å². The third-order valence-corrected chi connectivity index (χ3v) is 6.25. The first-order chi connectivity index (χ1) is 15.9. The minimum absolute atomic E-state index is 0.223. The molecule has 1 aliphatic rings. The molecule has 0 bridgehead atoms. The van der Waals surface area contributed by atoms with Gasteiger partial charge in [-0.05, 0) is 61.7 Å². The summed E-state index contributed by atoms with van der Waals surface area (Å²) in [7, 11) is 0. The number of benzene rings is 2. The van der Waals surface area contributed by atoms with E-state index < -0.39 is 5.60 Å². The number of rotatable bonds is 9. The number of β-amino-alcohol motifs (C(OH)–C–C–N with tert-alkyl or cyclic N) is 1. The SMILES string of the molecule is Cc1ccc(Cl)c(OC[C@@]2(O)CCCN(Cc3ccc(OCCn4cc(Cl)cn4)cc3)C2)c1. The summed E-state index contributed by atoms with van der Waals surface area (Å²) in [6, 6.07) is 13.8. The molecule has 4 rings (SSSR count). The van der Waals surface area contributed by atoms with Crippen LogP contribution in [-0.2, 0) is 13.1 Å². The molecule has 2 aromatic carbocycles. The van der Waals surface area contributed by atoms with Gasteiger partial charge in [-0.2, -0.15) is 5.10 Å². The Morgan fingerprint density at radius 2 is 1.94 bits per heavy atom. The van der Waals surface area contributed by atoms with Crippen molar-refractivity contribution in [2.45, 2.75) is 38.5 Å². The van der Waals surface area contributed by atoms with Crippen LogP contribution in [0.5, 0.6) is 11.5 Å². The second-order valence-electron chi connectivity index (χ2n) is 8.68. The maximum atomic E-state index is 11.1. The third kappa shape index (κ3) is 6.87. The van der Waals surface area contributed by atoms with E-state index in [-0.39, 0.29) is 6.61 Å². The molecule has 1 aromatic heterocycles. The predicted octanol–water partition coefficient (Wildman–Crippen LogP) is 4.98. The van der Waals surface area contributed by atoms with Gasteiger partial charge in [0, 0.05) is 19.3 Å². The zero-order valence-corrected chi connectivity index (χ0v) is 20.2. The lowest BCUT2D eigenvalue weighted by Crippen LogP contribution is -2.51. The van der Waals surface area contributed by atoms with Gasteiger partial charge in [0.2, 0.25) is 0 Å². The molecule has 33 heavy (non-hydrogen) atoms. The topological polar surface area (TPSA) is 59.8 Å². The number of ether oxygens (including phenoxy) is 2. The molecule has 3 aromatic rings. The molecule has 1 aliphatic heterocycles. The van der Waals surface area contributed by atoms with Gasteiger partial charge in [0.15, 0.2) is 0 Å². The lowest BCUT2D eigenvalue weighted by Gasteiger charge is -2.39. The van der Waals surface area contributed by atoms with Crippen LogP contribution in [0.1, 0.15) is 24.0 Å². The Bertz CT molecular complexity index is 1060. The molecule has 2 heterocycles. The summed E-state index contributed by atoms with van der Waals surface area (Å²) in [6.45, 7) is 5.63. The van der Waals surface area contributed by atoms with Crippen LogP contribution in [-0.4, -0.2) is 51.7 Å². The van der Waals surface area contributed by atoms with Gasteiger partial charge < -0.3 is 14.6 Å². The quantitative estimate of drug-likeness (QED) is 0.459. The van der Waals surface area contributed by atoms with E-state index in [2.05, 4.69) is 22.1 Å². The minimum Gasteiger partial charge on any atom is -0.492 e. The molecule has 0 unspecified atom stereocenters. The van der Waals surface area contributed by atoms with Crippen LogP contribution in [0, 0.1) is 6.92 Å².